The Morgan fingerprint density at radius 2 is 1.62 bits per heavy atom. The summed E-state index contributed by atoms with van der Waals surface area (Å²) in [7, 11) is 0. The van der Waals surface area contributed by atoms with E-state index in [9.17, 15) is 4.79 Å². The summed E-state index contributed by atoms with van der Waals surface area (Å²) in [6.07, 6.45) is 0. The van der Waals surface area contributed by atoms with Gasteiger partial charge in [0.25, 0.3) is 5.91 Å². The lowest BCUT2D eigenvalue weighted by atomic mass is 10.1. The lowest BCUT2D eigenvalue weighted by molar-refractivity contribution is -0.118. The van der Waals surface area contributed by atoms with Crippen molar-refractivity contribution in [2.24, 2.45) is 0 Å². The monoisotopic (exact) mass is 405 g/mol. The zero-order valence-corrected chi connectivity index (χ0v) is 15.8. The van der Waals surface area contributed by atoms with Gasteiger partial charge in [0.15, 0.2) is 6.61 Å². The number of nitrogens with one attached hydrogen (secondary N) is 1. The lowest BCUT2D eigenvalue weighted by Crippen LogP contribution is -2.20. The van der Waals surface area contributed by atoms with Crippen LogP contribution in [0.25, 0.3) is 11.1 Å². The second-order valence-electron chi connectivity index (χ2n) is 5.47. The van der Waals surface area contributed by atoms with Crippen LogP contribution in [0.5, 0.6) is 5.75 Å². The molecule has 0 unspecified atom stereocenters. The average molecular weight is 407 g/mol. The first-order chi connectivity index (χ1) is 12.5. The predicted molar refractivity (Wildman–Crippen MR) is 107 cm³/mol. The van der Waals surface area contributed by atoms with E-state index in [0.717, 1.165) is 11.1 Å². The molecule has 0 saturated carbocycles. The van der Waals surface area contributed by atoms with Crippen molar-refractivity contribution in [2.45, 2.75) is 0 Å². The standard InChI is InChI=1S/C20H14Cl3NO2/c21-15-7-8-18(16(22)11-15)24-20(25)12-26-19-9-6-14(10-17(19)23)13-4-2-1-3-5-13/h1-11H,12H2,(H,24,25). The Morgan fingerprint density at radius 1 is 0.846 bits per heavy atom. The summed E-state index contributed by atoms with van der Waals surface area (Å²) in [4.78, 5) is 12.1. The molecule has 0 aliphatic rings. The maximum atomic E-state index is 12.1. The molecule has 0 spiro atoms. The third-order valence-electron chi connectivity index (χ3n) is 3.60. The number of carbonyl (C=O) groups is 1. The van der Waals surface area contributed by atoms with Gasteiger partial charge in [-0.3, -0.25) is 4.79 Å². The van der Waals surface area contributed by atoms with Crippen molar-refractivity contribution in [3.8, 4) is 16.9 Å². The van der Waals surface area contributed by atoms with Gasteiger partial charge in [0, 0.05) is 5.02 Å². The van der Waals surface area contributed by atoms with Crippen LogP contribution in [0.3, 0.4) is 0 Å². The van der Waals surface area contributed by atoms with E-state index in [-0.39, 0.29) is 12.5 Å². The summed E-state index contributed by atoms with van der Waals surface area (Å²) in [5.74, 6) is 0.0844. The van der Waals surface area contributed by atoms with Gasteiger partial charge in [0.2, 0.25) is 0 Å². The SMILES string of the molecule is O=C(COc1ccc(-c2ccccc2)cc1Cl)Nc1ccc(Cl)cc1Cl. The van der Waals surface area contributed by atoms with Gasteiger partial charge in [0.1, 0.15) is 5.75 Å². The fourth-order valence-corrected chi connectivity index (χ4v) is 3.04. The molecule has 3 nitrogen and oxygen atoms in total. The highest BCUT2D eigenvalue weighted by Crippen LogP contribution is 2.30. The molecule has 3 aromatic carbocycles. The van der Waals surface area contributed by atoms with Crippen LogP contribution in [0.15, 0.2) is 66.7 Å². The first-order valence-electron chi connectivity index (χ1n) is 7.75. The van der Waals surface area contributed by atoms with Gasteiger partial charge in [-0.05, 0) is 41.5 Å². The summed E-state index contributed by atoms with van der Waals surface area (Å²) in [6, 6.07) is 20.1. The molecule has 132 valence electrons. The molecule has 0 fully saturated rings. The number of amides is 1. The zero-order chi connectivity index (χ0) is 18.5. The van der Waals surface area contributed by atoms with Gasteiger partial charge in [-0.25, -0.2) is 0 Å². The number of carbonyl (C=O) groups excluding carboxylic acids is 1. The number of anilines is 1. The van der Waals surface area contributed by atoms with Gasteiger partial charge in [-0.15, -0.1) is 0 Å². The minimum atomic E-state index is -0.350. The van der Waals surface area contributed by atoms with Crippen LogP contribution >= 0.6 is 34.8 Å². The summed E-state index contributed by atoms with van der Waals surface area (Å²) in [6.45, 7) is -0.191. The molecule has 0 heterocycles. The molecule has 26 heavy (non-hydrogen) atoms. The molecule has 0 aromatic heterocycles. The number of hydrogen-bond donors (Lipinski definition) is 1. The first-order valence-corrected chi connectivity index (χ1v) is 8.89. The minimum absolute atomic E-state index is 0.191. The Labute approximate surface area is 166 Å². The van der Waals surface area contributed by atoms with Crippen LogP contribution < -0.4 is 10.1 Å². The molecule has 0 radical (unpaired) electrons. The summed E-state index contributed by atoms with van der Waals surface area (Å²) < 4.78 is 5.51. The second kappa shape index (κ2) is 8.45. The Kier molecular flexibility index (Phi) is 6.04. The molecule has 0 bridgehead atoms. The quantitative estimate of drug-likeness (QED) is 0.537. The van der Waals surface area contributed by atoms with Crippen molar-refractivity contribution >= 4 is 46.4 Å². The number of benzene rings is 3. The van der Waals surface area contributed by atoms with Crippen LogP contribution in [-0.2, 0) is 4.79 Å². The van der Waals surface area contributed by atoms with E-state index < -0.39 is 0 Å². The van der Waals surface area contributed by atoms with Gasteiger partial charge < -0.3 is 10.1 Å². The van der Waals surface area contributed by atoms with Crippen molar-refractivity contribution in [1.82, 2.24) is 0 Å². The fraction of sp³-hybridized carbons (Fsp3) is 0.0500. The minimum Gasteiger partial charge on any atom is -0.482 e. The van der Waals surface area contributed by atoms with Gasteiger partial charge in [0.05, 0.1) is 15.7 Å². The van der Waals surface area contributed by atoms with E-state index >= 15 is 0 Å². The molecule has 3 aromatic rings. The van der Waals surface area contributed by atoms with Crippen LogP contribution in [0, 0.1) is 0 Å². The largest absolute Gasteiger partial charge is 0.482 e. The molecule has 1 N–H and O–H groups in total. The number of halogens is 3. The van der Waals surface area contributed by atoms with Gasteiger partial charge >= 0.3 is 0 Å². The number of rotatable bonds is 5. The van der Waals surface area contributed by atoms with Crippen molar-refractivity contribution in [2.75, 3.05) is 11.9 Å². The molecular weight excluding hydrogens is 393 g/mol. The Hall–Kier alpha value is -2.20. The van der Waals surface area contributed by atoms with E-state index in [1.54, 1.807) is 30.3 Å². The number of hydrogen-bond acceptors (Lipinski definition) is 2. The molecular formula is C20H14Cl3NO2. The van der Waals surface area contributed by atoms with E-state index in [4.69, 9.17) is 39.5 Å². The number of ether oxygens (including phenoxy) is 1. The maximum absolute atomic E-state index is 12.1. The molecule has 0 aliphatic carbocycles. The normalized spacial score (nSPS) is 10.4. The summed E-state index contributed by atoms with van der Waals surface area (Å²) >= 11 is 18.1. The van der Waals surface area contributed by atoms with E-state index in [0.29, 0.717) is 26.5 Å². The molecule has 0 atom stereocenters. The Balaban J connectivity index is 1.63. The molecule has 6 heteroatoms. The summed E-state index contributed by atoms with van der Waals surface area (Å²) in [5.41, 5.74) is 2.49. The van der Waals surface area contributed by atoms with Crippen molar-refractivity contribution < 1.29 is 9.53 Å². The maximum Gasteiger partial charge on any atom is 0.262 e. The highest BCUT2D eigenvalue weighted by atomic mass is 35.5. The summed E-state index contributed by atoms with van der Waals surface area (Å²) in [5, 5.41) is 3.95. The van der Waals surface area contributed by atoms with Crippen molar-refractivity contribution in [3.63, 3.8) is 0 Å². The van der Waals surface area contributed by atoms with Crippen LogP contribution in [0.1, 0.15) is 0 Å². The molecule has 1 amide bonds. The van der Waals surface area contributed by atoms with E-state index in [1.165, 1.54) is 0 Å². The third-order valence-corrected chi connectivity index (χ3v) is 4.45. The Morgan fingerprint density at radius 3 is 2.31 bits per heavy atom. The first kappa shape index (κ1) is 18.6. The topological polar surface area (TPSA) is 38.3 Å². The van der Waals surface area contributed by atoms with Crippen LogP contribution in [-0.4, -0.2) is 12.5 Å². The fourth-order valence-electron chi connectivity index (χ4n) is 2.35. The highest BCUT2D eigenvalue weighted by molar-refractivity contribution is 6.36. The molecule has 0 aliphatic heterocycles. The van der Waals surface area contributed by atoms with Gasteiger partial charge in [-0.2, -0.15) is 0 Å². The predicted octanol–water partition coefficient (Wildman–Crippen LogP) is 6.33. The molecule has 0 saturated heterocycles. The van der Waals surface area contributed by atoms with E-state index in [1.807, 2.05) is 36.4 Å². The average Bonchev–Trinajstić information content (AvgIpc) is 2.64. The zero-order valence-electron chi connectivity index (χ0n) is 13.5. The molecule has 3 rings (SSSR count). The van der Waals surface area contributed by atoms with Crippen LogP contribution in [0.4, 0.5) is 5.69 Å². The highest BCUT2D eigenvalue weighted by Gasteiger charge is 2.10. The smallest absolute Gasteiger partial charge is 0.262 e. The van der Waals surface area contributed by atoms with Crippen LogP contribution in [0.2, 0.25) is 15.1 Å². The lowest BCUT2D eigenvalue weighted by Gasteiger charge is -2.11. The van der Waals surface area contributed by atoms with Crippen molar-refractivity contribution in [1.29, 1.82) is 0 Å². The third kappa shape index (κ3) is 4.70. The Bertz CT molecular complexity index is 930. The van der Waals surface area contributed by atoms with Gasteiger partial charge in [-0.1, -0.05) is 71.2 Å². The second-order valence-corrected chi connectivity index (χ2v) is 6.72. The van der Waals surface area contributed by atoms with E-state index in [2.05, 4.69) is 5.32 Å². The van der Waals surface area contributed by atoms with Crippen molar-refractivity contribution in [3.05, 3.63) is 81.8 Å².